The Balaban J connectivity index is 3.04. The van der Waals surface area contributed by atoms with Crippen LogP contribution in [0.5, 0.6) is 0 Å². The highest BCUT2D eigenvalue weighted by Crippen LogP contribution is 2.12. The quantitative estimate of drug-likeness (QED) is 0.704. The van der Waals surface area contributed by atoms with Crippen LogP contribution in [0.3, 0.4) is 0 Å². The first-order valence-corrected chi connectivity index (χ1v) is 4.50. The van der Waals surface area contributed by atoms with E-state index in [4.69, 9.17) is 5.26 Å². The van der Waals surface area contributed by atoms with Gasteiger partial charge in [-0.1, -0.05) is 12.1 Å². The minimum atomic E-state index is 0.315. The Labute approximate surface area is 78.2 Å². The van der Waals surface area contributed by atoms with E-state index >= 15 is 0 Å². The fraction of sp³-hybridized carbons (Fsp3) is 0.667. The van der Waals surface area contributed by atoms with E-state index in [-0.39, 0.29) is 0 Å². The molecule has 0 unspecified atom stereocenters. The maximum atomic E-state index is 8.56. The largest absolute Gasteiger partial charge is 0.247 e. The molecule has 0 aliphatic carbocycles. The summed E-state index contributed by atoms with van der Waals surface area (Å²) in [6.45, 7) is 6.17. The summed E-state index contributed by atoms with van der Waals surface area (Å²) in [5.41, 5.74) is 1.90. The molecule has 0 saturated heterocycles. The third-order valence-electron chi connectivity index (χ3n) is 1.94. The Hall–Kier alpha value is -1.37. The maximum absolute atomic E-state index is 8.56. The van der Waals surface area contributed by atoms with Gasteiger partial charge in [0.1, 0.15) is 0 Å². The molecule has 4 heteroatoms. The smallest absolute Gasteiger partial charge is 0.0999 e. The average Bonchev–Trinajstić information content (AvgIpc) is 2.48. The molecule has 1 aromatic rings. The molecule has 0 spiro atoms. The van der Waals surface area contributed by atoms with Crippen LogP contribution in [0.2, 0.25) is 0 Å². The topological polar surface area (TPSA) is 54.5 Å². The molecule has 70 valence electrons. The monoisotopic (exact) mass is 178 g/mol. The molecular formula is C9H14N4. The third-order valence-corrected chi connectivity index (χ3v) is 1.94. The van der Waals surface area contributed by atoms with Crippen LogP contribution >= 0.6 is 0 Å². The zero-order valence-electron chi connectivity index (χ0n) is 8.28. The number of hydrogen-bond acceptors (Lipinski definition) is 3. The molecule has 0 saturated carbocycles. The van der Waals surface area contributed by atoms with E-state index in [0.29, 0.717) is 12.5 Å². The van der Waals surface area contributed by atoms with Gasteiger partial charge >= 0.3 is 0 Å². The highest BCUT2D eigenvalue weighted by atomic mass is 15.4. The number of nitrogens with zero attached hydrogens (tertiary/aromatic N) is 4. The van der Waals surface area contributed by atoms with Crippen LogP contribution < -0.4 is 0 Å². The van der Waals surface area contributed by atoms with Gasteiger partial charge in [-0.15, -0.1) is 5.10 Å². The Bertz CT molecular complexity index is 319. The highest BCUT2D eigenvalue weighted by molar-refractivity contribution is 5.14. The highest BCUT2D eigenvalue weighted by Gasteiger charge is 2.12. The van der Waals surface area contributed by atoms with E-state index in [1.165, 1.54) is 0 Å². The van der Waals surface area contributed by atoms with Gasteiger partial charge in [-0.3, -0.25) is 0 Å². The van der Waals surface area contributed by atoms with Crippen molar-refractivity contribution in [3.05, 3.63) is 11.4 Å². The second-order valence-electron chi connectivity index (χ2n) is 3.21. The molecular weight excluding hydrogens is 164 g/mol. The van der Waals surface area contributed by atoms with Crippen molar-refractivity contribution >= 4 is 0 Å². The van der Waals surface area contributed by atoms with Gasteiger partial charge in [-0.25, -0.2) is 4.68 Å². The van der Waals surface area contributed by atoms with Crippen LogP contribution in [-0.2, 0) is 12.8 Å². The molecule has 0 fully saturated rings. The second-order valence-corrected chi connectivity index (χ2v) is 3.21. The lowest BCUT2D eigenvalue weighted by Gasteiger charge is -2.07. The SMILES string of the molecule is CCc1c(CC#N)nnn1C(C)C. The first kappa shape index (κ1) is 9.72. The molecule has 0 amide bonds. The predicted molar refractivity (Wildman–Crippen MR) is 49.1 cm³/mol. The predicted octanol–water partition coefficient (Wildman–Crippen LogP) is 1.49. The van der Waals surface area contributed by atoms with Crippen molar-refractivity contribution in [3.8, 4) is 6.07 Å². The molecule has 1 rings (SSSR count). The van der Waals surface area contributed by atoms with Crippen LogP contribution in [0.25, 0.3) is 0 Å². The van der Waals surface area contributed by atoms with E-state index in [0.717, 1.165) is 17.8 Å². The zero-order valence-corrected chi connectivity index (χ0v) is 8.28. The summed E-state index contributed by atoms with van der Waals surface area (Å²) >= 11 is 0. The maximum Gasteiger partial charge on any atom is 0.0999 e. The van der Waals surface area contributed by atoms with Crippen molar-refractivity contribution < 1.29 is 0 Å². The lowest BCUT2D eigenvalue weighted by Crippen LogP contribution is -2.07. The summed E-state index contributed by atoms with van der Waals surface area (Å²) in [4.78, 5) is 0. The zero-order chi connectivity index (χ0) is 9.84. The first-order valence-electron chi connectivity index (χ1n) is 4.50. The van der Waals surface area contributed by atoms with Gasteiger partial charge in [0.15, 0.2) is 0 Å². The fourth-order valence-electron chi connectivity index (χ4n) is 1.34. The molecule has 0 aliphatic rings. The van der Waals surface area contributed by atoms with Crippen LogP contribution in [0.15, 0.2) is 0 Å². The number of rotatable bonds is 3. The number of nitriles is 1. The molecule has 1 heterocycles. The lowest BCUT2D eigenvalue weighted by atomic mass is 10.2. The normalized spacial score (nSPS) is 10.4. The number of hydrogen-bond donors (Lipinski definition) is 0. The van der Waals surface area contributed by atoms with Gasteiger partial charge in [0.05, 0.1) is 23.9 Å². The minimum absolute atomic E-state index is 0.315. The van der Waals surface area contributed by atoms with E-state index < -0.39 is 0 Å². The van der Waals surface area contributed by atoms with Crippen LogP contribution in [-0.4, -0.2) is 15.0 Å². The summed E-state index contributed by atoms with van der Waals surface area (Å²) in [6, 6.07) is 2.41. The van der Waals surface area contributed by atoms with Gasteiger partial charge in [0.2, 0.25) is 0 Å². The summed E-state index contributed by atoms with van der Waals surface area (Å²) in [5, 5.41) is 16.6. The number of aromatic nitrogens is 3. The van der Waals surface area contributed by atoms with Crippen molar-refractivity contribution in [2.24, 2.45) is 0 Å². The van der Waals surface area contributed by atoms with Crippen molar-refractivity contribution in [2.75, 3.05) is 0 Å². The fourth-order valence-corrected chi connectivity index (χ4v) is 1.34. The summed E-state index contributed by atoms with van der Waals surface area (Å²) in [6.07, 6.45) is 1.23. The van der Waals surface area contributed by atoms with Crippen LogP contribution in [0.1, 0.15) is 38.2 Å². The Morgan fingerprint density at radius 1 is 1.54 bits per heavy atom. The summed E-state index contributed by atoms with van der Waals surface area (Å²) in [5.74, 6) is 0. The van der Waals surface area contributed by atoms with Crippen molar-refractivity contribution in [1.82, 2.24) is 15.0 Å². The van der Waals surface area contributed by atoms with Gasteiger partial charge in [-0.05, 0) is 20.3 Å². The molecule has 0 aliphatic heterocycles. The Morgan fingerprint density at radius 2 is 2.23 bits per heavy atom. The van der Waals surface area contributed by atoms with Gasteiger partial charge < -0.3 is 0 Å². The molecule has 13 heavy (non-hydrogen) atoms. The molecule has 0 bridgehead atoms. The Morgan fingerprint density at radius 3 is 2.69 bits per heavy atom. The second kappa shape index (κ2) is 4.04. The van der Waals surface area contributed by atoms with E-state index in [1.807, 2.05) is 4.68 Å². The van der Waals surface area contributed by atoms with Crippen molar-refractivity contribution in [1.29, 1.82) is 5.26 Å². The summed E-state index contributed by atoms with van der Waals surface area (Å²) < 4.78 is 1.88. The van der Waals surface area contributed by atoms with E-state index in [9.17, 15) is 0 Å². The van der Waals surface area contributed by atoms with Gasteiger partial charge in [0.25, 0.3) is 0 Å². The molecule has 0 N–H and O–H groups in total. The lowest BCUT2D eigenvalue weighted by molar-refractivity contribution is 0.496. The third kappa shape index (κ3) is 1.86. The molecule has 1 aromatic heterocycles. The first-order chi connectivity index (χ1) is 6.20. The summed E-state index contributed by atoms with van der Waals surface area (Å²) in [7, 11) is 0. The molecule has 0 aromatic carbocycles. The molecule has 4 nitrogen and oxygen atoms in total. The average molecular weight is 178 g/mol. The standard InChI is InChI=1S/C9H14N4/c1-4-9-8(5-6-10)11-12-13(9)7(2)3/h7H,4-5H2,1-3H3. The van der Waals surface area contributed by atoms with Crippen LogP contribution in [0.4, 0.5) is 0 Å². The van der Waals surface area contributed by atoms with Gasteiger partial charge in [-0.2, -0.15) is 5.26 Å². The Kier molecular flexibility index (Phi) is 3.02. The molecule has 0 radical (unpaired) electrons. The molecule has 0 atom stereocenters. The van der Waals surface area contributed by atoms with Crippen molar-refractivity contribution in [3.63, 3.8) is 0 Å². The van der Waals surface area contributed by atoms with Gasteiger partial charge in [0, 0.05) is 6.04 Å². The minimum Gasteiger partial charge on any atom is -0.247 e. The van der Waals surface area contributed by atoms with E-state index in [1.54, 1.807) is 0 Å². The van der Waals surface area contributed by atoms with E-state index in [2.05, 4.69) is 37.2 Å². The van der Waals surface area contributed by atoms with Crippen molar-refractivity contribution in [2.45, 2.75) is 39.7 Å². The van der Waals surface area contributed by atoms with Crippen LogP contribution in [0, 0.1) is 11.3 Å².